The highest BCUT2D eigenvalue weighted by molar-refractivity contribution is 7.14. The highest BCUT2D eigenvalue weighted by Crippen LogP contribution is 2.34. The fourth-order valence-electron chi connectivity index (χ4n) is 1.77. The molecule has 1 unspecified atom stereocenters. The first-order valence-corrected chi connectivity index (χ1v) is 8.00. The van der Waals surface area contributed by atoms with E-state index in [2.05, 4.69) is 10.3 Å². The lowest BCUT2D eigenvalue weighted by Crippen LogP contribution is -2.11. The first-order valence-electron chi connectivity index (χ1n) is 6.37. The van der Waals surface area contributed by atoms with Crippen LogP contribution in [0.4, 0.5) is 9.52 Å². The van der Waals surface area contributed by atoms with E-state index in [0.29, 0.717) is 0 Å². The first kappa shape index (κ1) is 17.7. The smallest absolute Gasteiger partial charge is 0.358 e. The topological polar surface area (TPSA) is 68.3 Å². The van der Waals surface area contributed by atoms with Crippen molar-refractivity contribution in [1.82, 2.24) is 4.98 Å². The van der Waals surface area contributed by atoms with E-state index in [-0.39, 0.29) is 32.3 Å². The van der Waals surface area contributed by atoms with Gasteiger partial charge < -0.3 is 10.1 Å². The Balaban J connectivity index is 2.15. The Hall–Kier alpha value is -1.70. The number of benzene rings is 1. The molecule has 1 atom stereocenters. The largest absolute Gasteiger partial charge is 0.453 e. The van der Waals surface area contributed by atoms with Crippen LogP contribution in [0, 0.1) is 5.82 Å². The van der Waals surface area contributed by atoms with Crippen molar-refractivity contribution in [2.24, 2.45) is 0 Å². The number of thiazole rings is 1. The van der Waals surface area contributed by atoms with Gasteiger partial charge in [-0.05, 0) is 19.1 Å². The number of hydrogen-bond donors (Lipinski definition) is 1. The highest BCUT2D eigenvalue weighted by Gasteiger charge is 2.22. The van der Waals surface area contributed by atoms with Crippen LogP contribution >= 0.6 is 34.5 Å². The predicted molar refractivity (Wildman–Crippen MR) is 86.7 cm³/mol. The maximum atomic E-state index is 13.5. The number of nitrogens with one attached hydrogen (secondary N) is 1. The van der Waals surface area contributed by atoms with Gasteiger partial charge in [-0.1, -0.05) is 23.2 Å². The van der Waals surface area contributed by atoms with E-state index >= 15 is 0 Å². The van der Waals surface area contributed by atoms with Crippen molar-refractivity contribution in [2.75, 3.05) is 5.32 Å². The van der Waals surface area contributed by atoms with Crippen molar-refractivity contribution in [3.63, 3.8) is 0 Å². The van der Waals surface area contributed by atoms with Gasteiger partial charge in [0.05, 0.1) is 5.02 Å². The molecule has 2 aromatic rings. The minimum absolute atomic E-state index is 0.0225. The summed E-state index contributed by atoms with van der Waals surface area (Å²) in [4.78, 5) is 26.9. The van der Waals surface area contributed by atoms with Crippen molar-refractivity contribution in [3.8, 4) is 0 Å². The number of amides is 1. The van der Waals surface area contributed by atoms with Gasteiger partial charge in [-0.3, -0.25) is 4.79 Å². The van der Waals surface area contributed by atoms with Crippen molar-refractivity contribution < 1.29 is 18.7 Å². The number of esters is 1. The Morgan fingerprint density at radius 2 is 2.09 bits per heavy atom. The summed E-state index contributed by atoms with van der Waals surface area (Å²) in [6, 6.07) is 2.46. The predicted octanol–water partition coefficient (Wildman–Crippen LogP) is 4.47. The normalized spacial score (nSPS) is 11.9. The number of nitrogens with zero attached hydrogens (tertiary/aromatic N) is 1. The van der Waals surface area contributed by atoms with Crippen LogP contribution in [0.25, 0.3) is 0 Å². The number of rotatable bonds is 4. The van der Waals surface area contributed by atoms with Crippen molar-refractivity contribution >= 4 is 51.5 Å². The number of carbonyl (C=O) groups is 2. The van der Waals surface area contributed by atoms with Crippen LogP contribution in [-0.2, 0) is 9.53 Å². The van der Waals surface area contributed by atoms with Crippen LogP contribution < -0.4 is 5.32 Å². The van der Waals surface area contributed by atoms with Gasteiger partial charge in [0, 0.05) is 22.9 Å². The van der Waals surface area contributed by atoms with E-state index in [9.17, 15) is 14.0 Å². The molecule has 1 aromatic heterocycles. The molecule has 0 radical (unpaired) electrons. The second kappa shape index (κ2) is 7.25. The van der Waals surface area contributed by atoms with E-state index in [0.717, 1.165) is 17.4 Å². The molecule has 1 heterocycles. The maximum absolute atomic E-state index is 13.5. The van der Waals surface area contributed by atoms with Gasteiger partial charge in [0.25, 0.3) is 0 Å². The molecule has 0 spiro atoms. The zero-order chi connectivity index (χ0) is 17.1. The van der Waals surface area contributed by atoms with Crippen LogP contribution in [0.2, 0.25) is 10.0 Å². The van der Waals surface area contributed by atoms with Crippen LogP contribution in [0.1, 0.15) is 36.0 Å². The molecule has 23 heavy (non-hydrogen) atoms. The summed E-state index contributed by atoms with van der Waals surface area (Å²) in [6.45, 7) is 2.85. The first-order chi connectivity index (χ1) is 10.8. The van der Waals surface area contributed by atoms with E-state index in [4.69, 9.17) is 27.9 Å². The molecule has 1 amide bonds. The lowest BCUT2D eigenvalue weighted by molar-refractivity contribution is -0.114. The summed E-state index contributed by atoms with van der Waals surface area (Å²) < 4.78 is 18.7. The number of anilines is 1. The zero-order valence-electron chi connectivity index (χ0n) is 12.0. The molecule has 0 aliphatic heterocycles. The Bertz CT molecular complexity index is 766. The Morgan fingerprint density at radius 1 is 1.39 bits per heavy atom. The zero-order valence-corrected chi connectivity index (χ0v) is 14.4. The molecule has 0 aliphatic carbocycles. The van der Waals surface area contributed by atoms with Gasteiger partial charge in [0.15, 0.2) is 10.8 Å². The van der Waals surface area contributed by atoms with Crippen LogP contribution in [0.3, 0.4) is 0 Å². The average molecular weight is 377 g/mol. The molecular weight excluding hydrogens is 366 g/mol. The molecule has 9 heteroatoms. The molecular formula is C14H11Cl2FN2O3S. The van der Waals surface area contributed by atoms with Gasteiger partial charge >= 0.3 is 5.97 Å². The van der Waals surface area contributed by atoms with Crippen molar-refractivity contribution in [3.05, 3.63) is 44.6 Å². The Kier molecular flexibility index (Phi) is 5.56. The summed E-state index contributed by atoms with van der Waals surface area (Å²) in [5, 5.41) is 4.17. The number of ether oxygens (including phenoxy) is 1. The molecule has 1 aromatic carbocycles. The summed E-state index contributed by atoms with van der Waals surface area (Å²) in [5.74, 6) is -1.69. The molecule has 0 fully saturated rings. The monoisotopic (exact) mass is 376 g/mol. The molecule has 1 N–H and O–H groups in total. The summed E-state index contributed by atoms with van der Waals surface area (Å²) >= 11 is 12.9. The van der Waals surface area contributed by atoms with Gasteiger partial charge in [0.1, 0.15) is 11.9 Å². The molecule has 0 aliphatic rings. The number of halogens is 3. The lowest BCUT2D eigenvalue weighted by atomic mass is 10.1. The number of aromatic nitrogens is 1. The quantitative estimate of drug-likeness (QED) is 0.631. The molecule has 0 saturated heterocycles. The third-order valence-electron chi connectivity index (χ3n) is 2.77. The van der Waals surface area contributed by atoms with Crippen LogP contribution in [-0.4, -0.2) is 16.9 Å². The third-order valence-corrected chi connectivity index (χ3v) is 4.24. The minimum Gasteiger partial charge on any atom is -0.453 e. The van der Waals surface area contributed by atoms with E-state index in [1.165, 1.54) is 25.3 Å². The summed E-state index contributed by atoms with van der Waals surface area (Å²) in [7, 11) is 0. The third kappa shape index (κ3) is 4.19. The second-order valence-corrected chi connectivity index (χ2v) is 6.17. The maximum Gasteiger partial charge on any atom is 0.358 e. The molecule has 0 saturated carbocycles. The Morgan fingerprint density at radius 3 is 2.74 bits per heavy atom. The summed E-state index contributed by atoms with van der Waals surface area (Å²) in [5.41, 5.74) is 0.202. The minimum atomic E-state index is -0.871. The van der Waals surface area contributed by atoms with E-state index in [1.807, 2.05) is 0 Å². The SMILES string of the molecule is CC(=O)Nc1nc(C(=O)OC(C)c2c(Cl)ccc(F)c2Cl)cs1. The van der Waals surface area contributed by atoms with Crippen molar-refractivity contribution in [2.45, 2.75) is 20.0 Å². The van der Waals surface area contributed by atoms with Gasteiger partial charge in [0.2, 0.25) is 5.91 Å². The van der Waals surface area contributed by atoms with Gasteiger partial charge in [-0.2, -0.15) is 0 Å². The highest BCUT2D eigenvalue weighted by atomic mass is 35.5. The molecule has 2 rings (SSSR count). The summed E-state index contributed by atoms with van der Waals surface area (Å²) in [6.07, 6.45) is -0.871. The second-order valence-electron chi connectivity index (χ2n) is 4.52. The fourth-order valence-corrected chi connectivity index (χ4v) is 3.17. The van der Waals surface area contributed by atoms with Crippen LogP contribution in [0.5, 0.6) is 0 Å². The van der Waals surface area contributed by atoms with Crippen molar-refractivity contribution in [1.29, 1.82) is 0 Å². The number of carbonyl (C=O) groups excluding carboxylic acids is 2. The standard InChI is InChI=1S/C14H11Cl2FN2O3S/c1-6(11-8(15)3-4-9(17)12(11)16)22-13(21)10-5-23-14(19-10)18-7(2)20/h3-6H,1-2H3,(H,18,19,20). The fraction of sp³-hybridized carbons (Fsp3) is 0.214. The Labute approximate surface area is 145 Å². The van der Waals surface area contributed by atoms with Crippen LogP contribution in [0.15, 0.2) is 17.5 Å². The molecule has 122 valence electrons. The van der Waals surface area contributed by atoms with E-state index < -0.39 is 17.9 Å². The van der Waals surface area contributed by atoms with Gasteiger partial charge in [-0.25, -0.2) is 14.2 Å². The van der Waals surface area contributed by atoms with E-state index in [1.54, 1.807) is 0 Å². The number of hydrogen-bond acceptors (Lipinski definition) is 5. The van der Waals surface area contributed by atoms with Gasteiger partial charge in [-0.15, -0.1) is 11.3 Å². The average Bonchev–Trinajstić information content (AvgIpc) is 2.91. The molecule has 0 bridgehead atoms. The molecule has 5 nitrogen and oxygen atoms in total. The lowest BCUT2D eigenvalue weighted by Gasteiger charge is -2.16.